The number of fused-ring (bicyclic) bond motifs is 1. The molecule has 3 aromatic rings. The van der Waals surface area contributed by atoms with E-state index in [9.17, 15) is 24.5 Å². The molecule has 0 bridgehead atoms. The Morgan fingerprint density at radius 1 is 1.04 bits per heavy atom. The van der Waals surface area contributed by atoms with E-state index in [1.54, 1.807) is 30.3 Å². The Kier molecular flexibility index (Phi) is 5.49. The van der Waals surface area contributed by atoms with Crippen molar-refractivity contribution in [2.45, 2.75) is 6.54 Å². The molecule has 3 rings (SSSR count). The Hall–Kier alpha value is -3.95. The maximum atomic E-state index is 12.4. The maximum absolute atomic E-state index is 12.4. The number of carbonyl (C=O) groups is 1. The largest absolute Gasteiger partial charge is 0.383 e. The number of benzene rings is 2. The van der Waals surface area contributed by atoms with Crippen LogP contribution >= 0.6 is 0 Å². The average molecular weight is 383 g/mol. The predicted molar refractivity (Wildman–Crippen MR) is 103 cm³/mol. The van der Waals surface area contributed by atoms with Gasteiger partial charge in [0, 0.05) is 30.9 Å². The number of carbonyl (C=O) groups excluding carboxylic acids is 1. The van der Waals surface area contributed by atoms with Crippen LogP contribution in [0.15, 0.2) is 58.1 Å². The summed E-state index contributed by atoms with van der Waals surface area (Å²) in [5.74, 6) is -0.432. The van der Waals surface area contributed by atoms with Crippen molar-refractivity contribution >= 4 is 28.1 Å². The minimum absolute atomic E-state index is 0.00586. The van der Waals surface area contributed by atoms with Crippen molar-refractivity contribution < 1.29 is 9.72 Å². The lowest BCUT2D eigenvalue weighted by atomic mass is 10.2. The number of amides is 1. The summed E-state index contributed by atoms with van der Waals surface area (Å²) in [5.41, 5.74) is -0.221. The number of anilines is 1. The first-order valence-electron chi connectivity index (χ1n) is 8.42. The van der Waals surface area contributed by atoms with E-state index in [1.807, 2.05) is 0 Å². The van der Waals surface area contributed by atoms with Crippen LogP contribution in [-0.2, 0) is 11.3 Å². The summed E-state index contributed by atoms with van der Waals surface area (Å²) in [6.45, 7) is 0.339. The summed E-state index contributed by atoms with van der Waals surface area (Å²) < 4.78 is 0.976. The molecule has 1 amide bonds. The lowest BCUT2D eigenvalue weighted by molar-refractivity contribution is -0.384. The molecule has 0 saturated heterocycles. The summed E-state index contributed by atoms with van der Waals surface area (Å²) in [6.07, 6.45) is 0. The fourth-order valence-electron chi connectivity index (χ4n) is 2.67. The quantitative estimate of drug-likeness (QED) is 0.314. The molecule has 0 aliphatic carbocycles. The SMILES string of the molecule is O=C(Cn1[nH]c(=O)c2ccccc2c1=O)NCCNc1ccc([N+](=O)[O-])cc1. The number of hydrogen-bond acceptors (Lipinski definition) is 6. The van der Waals surface area contributed by atoms with Crippen LogP contribution in [-0.4, -0.2) is 33.7 Å². The average Bonchev–Trinajstić information content (AvgIpc) is 2.69. The van der Waals surface area contributed by atoms with E-state index in [4.69, 9.17) is 0 Å². The highest BCUT2D eigenvalue weighted by Gasteiger charge is 2.10. The molecule has 1 aromatic heterocycles. The zero-order valence-corrected chi connectivity index (χ0v) is 14.7. The molecule has 1 heterocycles. The van der Waals surface area contributed by atoms with Gasteiger partial charge in [-0.05, 0) is 24.3 Å². The second kappa shape index (κ2) is 8.16. The van der Waals surface area contributed by atoms with E-state index in [0.29, 0.717) is 12.2 Å². The van der Waals surface area contributed by atoms with Gasteiger partial charge in [0.1, 0.15) is 6.54 Å². The second-order valence-electron chi connectivity index (χ2n) is 5.96. The van der Waals surface area contributed by atoms with Gasteiger partial charge in [-0.3, -0.25) is 29.6 Å². The molecule has 0 unspecified atom stereocenters. The standard InChI is InChI=1S/C18H17N5O5/c24-16(20-10-9-19-12-5-7-13(8-6-12)23(27)28)11-22-18(26)15-4-2-1-3-14(15)17(25)21-22/h1-8,19H,9-11H2,(H,20,24)(H,21,25). The number of nitrogens with zero attached hydrogens (tertiary/aromatic N) is 2. The van der Waals surface area contributed by atoms with Gasteiger partial charge in [-0.15, -0.1) is 0 Å². The smallest absolute Gasteiger partial charge is 0.273 e. The fraction of sp³-hybridized carbons (Fsp3) is 0.167. The van der Waals surface area contributed by atoms with Gasteiger partial charge in [-0.25, -0.2) is 4.68 Å². The molecule has 3 N–H and O–H groups in total. The van der Waals surface area contributed by atoms with Crippen molar-refractivity contribution in [3.05, 3.63) is 79.4 Å². The van der Waals surface area contributed by atoms with Crippen LogP contribution in [0.1, 0.15) is 0 Å². The first-order chi connectivity index (χ1) is 13.5. The van der Waals surface area contributed by atoms with E-state index < -0.39 is 21.9 Å². The lowest BCUT2D eigenvalue weighted by Gasteiger charge is -2.09. The molecule has 0 spiro atoms. The summed E-state index contributed by atoms with van der Waals surface area (Å²) in [4.78, 5) is 46.5. The minimum Gasteiger partial charge on any atom is -0.383 e. The van der Waals surface area contributed by atoms with Crippen LogP contribution in [0, 0.1) is 10.1 Å². The maximum Gasteiger partial charge on any atom is 0.273 e. The van der Waals surface area contributed by atoms with Gasteiger partial charge in [0.15, 0.2) is 0 Å². The molecule has 10 heteroatoms. The summed E-state index contributed by atoms with van der Waals surface area (Å²) in [5, 5.41) is 19.2. The van der Waals surface area contributed by atoms with Crippen LogP contribution in [0.2, 0.25) is 0 Å². The van der Waals surface area contributed by atoms with Crippen molar-refractivity contribution in [1.29, 1.82) is 0 Å². The Bertz CT molecular complexity index is 1130. The molecule has 0 aliphatic rings. The molecule has 10 nitrogen and oxygen atoms in total. The first kappa shape index (κ1) is 18.8. The molecule has 28 heavy (non-hydrogen) atoms. The van der Waals surface area contributed by atoms with Crippen LogP contribution < -0.4 is 21.8 Å². The highest BCUT2D eigenvalue weighted by atomic mass is 16.6. The molecule has 0 saturated carbocycles. The number of H-pyrrole nitrogens is 1. The molecule has 0 atom stereocenters. The van der Waals surface area contributed by atoms with Gasteiger partial charge in [0.25, 0.3) is 16.8 Å². The predicted octanol–water partition coefficient (Wildman–Crippen LogP) is 0.826. The molecule has 2 aromatic carbocycles. The Balaban J connectivity index is 1.54. The summed E-state index contributed by atoms with van der Waals surface area (Å²) in [6, 6.07) is 12.3. The Morgan fingerprint density at radius 3 is 2.39 bits per heavy atom. The van der Waals surface area contributed by atoms with Crippen LogP contribution in [0.25, 0.3) is 10.8 Å². The number of nitrogens with one attached hydrogen (secondary N) is 3. The first-order valence-corrected chi connectivity index (χ1v) is 8.42. The fourth-order valence-corrected chi connectivity index (χ4v) is 2.67. The van der Waals surface area contributed by atoms with Crippen molar-refractivity contribution in [2.75, 3.05) is 18.4 Å². The third-order valence-corrected chi connectivity index (χ3v) is 4.04. The topological polar surface area (TPSA) is 139 Å². The molecule has 0 radical (unpaired) electrons. The van der Waals surface area contributed by atoms with Crippen molar-refractivity contribution in [3.63, 3.8) is 0 Å². The summed E-state index contributed by atoms with van der Waals surface area (Å²) >= 11 is 0. The van der Waals surface area contributed by atoms with Crippen molar-refractivity contribution in [1.82, 2.24) is 15.1 Å². The summed E-state index contributed by atoms with van der Waals surface area (Å²) in [7, 11) is 0. The van der Waals surface area contributed by atoms with Gasteiger partial charge in [-0.1, -0.05) is 12.1 Å². The molecule has 0 aliphatic heterocycles. The van der Waals surface area contributed by atoms with E-state index in [0.717, 1.165) is 4.68 Å². The number of rotatable bonds is 7. The van der Waals surface area contributed by atoms with Crippen LogP contribution in [0.3, 0.4) is 0 Å². The van der Waals surface area contributed by atoms with E-state index in [-0.39, 0.29) is 29.5 Å². The number of hydrogen-bond donors (Lipinski definition) is 3. The van der Waals surface area contributed by atoms with Crippen LogP contribution in [0.4, 0.5) is 11.4 Å². The molecule has 144 valence electrons. The number of non-ortho nitro benzene ring substituents is 1. The van der Waals surface area contributed by atoms with E-state index in [2.05, 4.69) is 15.7 Å². The van der Waals surface area contributed by atoms with E-state index in [1.165, 1.54) is 18.2 Å². The monoisotopic (exact) mass is 383 g/mol. The van der Waals surface area contributed by atoms with Crippen molar-refractivity contribution in [2.24, 2.45) is 0 Å². The lowest BCUT2D eigenvalue weighted by Crippen LogP contribution is -2.38. The third-order valence-electron chi connectivity index (χ3n) is 4.04. The van der Waals surface area contributed by atoms with Gasteiger partial charge in [0.2, 0.25) is 5.91 Å². The molecular formula is C18H17N5O5. The Labute approximate surface area is 157 Å². The second-order valence-corrected chi connectivity index (χ2v) is 5.96. The molecule has 0 fully saturated rings. The highest BCUT2D eigenvalue weighted by Crippen LogP contribution is 2.14. The highest BCUT2D eigenvalue weighted by molar-refractivity contribution is 5.81. The zero-order valence-electron chi connectivity index (χ0n) is 14.7. The van der Waals surface area contributed by atoms with Gasteiger partial charge in [-0.2, -0.15) is 0 Å². The number of nitro groups is 1. The van der Waals surface area contributed by atoms with Crippen molar-refractivity contribution in [3.8, 4) is 0 Å². The minimum atomic E-state index is -0.483. The number of nitro benzene ring substituents is 1. The normalized spacial score (nSPS) is 10.6. The van der Waals surface area contributed by atoms with Gasteiger partial charge >= 0.3 is 0 Å². The Morgan fingerprint density at radius 2 is 1.71 bits per heavy atom. The van der Waals surface area contributed by atoms with Gasteiger partial charge in [0.05, 0.1) is 15.7 Å². The number of aromatic nitrogens is 2. The van der Waals surface area contributed by atoms with Crippen LogP contribution in [0.5, 0.6) is 0 Å². The number of aromatic amines is 1. The van der Waals surface area contributed by atoms with Gasteiger partial charge < -0.3 is 10.6 Å². The zero-order chi connectivity index (χ0) is 20.1. The third kappa shape index (κ3) is 4.23. The molecular weight excluding hydrogens is 366 g/mol. The van der Waals surface area contributed by atoms with E-state index >= 15 is 0 Å².